The van der Waals surface area contributed by atoms with Crippen LogP contribution in [-0.2, 0) is 65.4 Å². The van der Waals surface area contributed by atoms with E-state index in [1.165, 1.54) is 212 Å². The monoisotopic (exact) mass is 1370 g/mol. The van der Waals surface area contributed by atoms with Gasteiger partial charge in [0.25, 0.3) is 0 Å². The van der Waals surface area contributed by atoms with Gasteiger partial charge in [-0.1, -0.05) is 336 Å². The summed E-state index contributed by atoms with van der Waals surface area (Å²) in [4.78, 5) is 72.7. The van der Waals surface area contributed by atoms with E-state index >= 15 is 0 Å². The standard InChI is InChI=1S/C74H144O17P2/c1-6-9-12-15-18-21-24-26-28-29-31-33-39-44-49-54-59-73(78)90-70(64-85-72(77)58-53-48-43-38-32-30-27-25-22-19-16-13-10-7-2)66-89-93(82,83)87-62-68(75)61-86-92(80,81)88-65-69(63-84-71(76)57-52-47-42-37-23-20-17-14-11-8-3)91-74(79)60-55-50-45-40-35-34-36-41-46-51-56-67(4)5/h67-70,75H,6-66H2,1-5H3,(H,80,81)(H,82,83)/t68-,69+,70+/m0/s1. The van der Waals surface area contributed by atoms with Crippen molar-refractivity contribution in [2.75, 3.05) is 39.6 Å². The van der Waals surface area contributed by atoms with Crippen LogP contribution in [0.15, 0.2) is 0 Å². The first kappa shape index (κ1) is 91.1. The third-order valence-electron chi connectivity index (χ3n) is 17.3. The summed E-state index contributed by atoms with van der Waals surface area (Å²) in [5, 5.41) is 10.6. The number of hydrogen-bond donors (Lipinski definition) is 3. The number of aliphatic hydroxyl groups excluding tert-OH is 1. The first-order valence-corrected chi connectivity index (χ1v) is 41.6. The fourth-order valence-corrected chi connectivity index (χ4v) is 12.9. The summed E-state index contributed by atoms with van der Waals surface area (Å²) < 4.78 is 68.5. The Bertz CT molecular complexity index is 1790. The minimum Gasteiger partial charge on any atom is -0.462 e. The molecule has 0 aromatic carbocycles. The van der Waals surface area contributed by atoms with Gasteiger partial charge in [0.1, 0.15) is 19.3 Å². The van der Waals surface area contributed by atoms with Crippen molar-refractivity contribution in [2.45, 2.75) is 406 Å². The predicted octanol–water partition coefficient (Wildman–Crippen LogP) is 21.7. The number of phosphoric ester groups is 2. The molecule has 19 heteroatoms. The maximum atomic E-state index is 13.1. The zero-order valence-corrected chi connectivity index (χ0v) is 62.2. The van der Waals surface area contributed by atoms with Gasteiger partial charge in [-0.2, -0.15) is 0 Å². The Morgan fingerprint density at radius 3 is 0.731 bits per heavy atom. The van der Waals surface area contributed by atoms with Crippen LogP contribution < -0.4 is 0 Å². The van der Waals surface area contributed by atoms with E-state index in [1.54, 1.807) is 0 Å². The molecular formula is C74H144O17P2. The average Bonchev–Trinajstić information content (AvgIpc) is 3.73. The van der Waals surface area contributed by atoms with Crippen LogP contribution in [0.2, 0.25) is 0 Å². The van der Waals surface area contributed by atoms with E-state index in [2.05, 4.69) is 34.6 Å². The second kappa shape index (κ2) is 67.3. The molecule has 0 rings (SSSR count). The van der Waals surface area contributed by atoms with Crippen LogP contribution in [0, 0.1) is 5.92 Å². The molecule has 0 fully saturated rings. The summed E-state index contributed by atoms with van der Waals surface area (Å²) in [6.45, 7) is 7.27. The summed E-state index contributed by atoms with van der Waals surface area (Å²) in [7, 11) is -9.91. The van der Waals surface area contributed by atoms with Crippen molar-refractivity contribution >= 4 is 39.5 Å². The number of ether oxygens (including phenoxy) is 4. The first-order chi connectivity index (χ1) is 45.0. The Morgan fingerprint density at radius 2 is 0.495 bits per heavy atom. The van der Waals surface area contributed by atoms with Gasteiger partial charge >= 0.3 is 39.5 Å². The molecule has 0 spiro atoms. The number of esters is 4. The second-order valence-electron chi connectivity index (χ2n) is 27.2. The molecule has 0 aliphatic rings. The second-order valence-corrected chi connectivity index (χ2v) is 30.1. The third-order valence-corrected chi connectivity index (χ3v) is 19.2. The maximum absolute atomic E-state index is 13.1. The molecule has 0 bridgehead atoms. The van der Waals surface area contributed by atoms with Crippen molar-refractivity contribution < 1.29 is 80.2 Å². The highest BCUT2D eigenvalue weighted by Gasteiger charge is 2.30. The largest absolute Gasteiger partial charge is 0.472 e. The molecule has 17 nitrogen and oxygen atoms in total. The van der Waals surface area contributed by atoms with Crippen molar-refractivity contribution in [3.63, 3.8) is 0 Å². The summed E-state index contributed by atoms with van der Waals surface area (Å²) in [6, 6.07) is 0. The normalized spacial score (nSPS) is 14.0. The first-order valence-electron chi connectivity index (χ1n) is 38.6. The molecule has 0 saturated heterocycles. The Hall–Kier alpha value is -1.94. The van der Waals surface area contributed by atoms with E-state index in [1.807, 2.05) is 0 Å². The Kier molecular flexibility index (Phi) is 65.9. The van der Waals surface area contributed by atoms with E-state index < -0.39 is 97.5 Å². The Labute approximate surface area is 568 Å². The van der Waals surface area contributed by atoms with Gasteiger partial charge in [-0.15, -0.1) is 0 Å². The van der Waals surface area contributed by atoms with Gasteiger partial charge in [-0.05, 0) is 31.6 Å². The number of unbranched alkanes of at least 4 members (excludes halogenated alkanes) is 46. The maximum Gasteiger partial charge on any atom is 0.472 e. The quantitative estimate of drug-likeness (QED) is 0.0222. The zero-order valence-electron chi connectivity index (χ0n) is 60.4. The molecule has 0 heterocycles. The van der Waals surface area contributed by atoms with Gasteiger partial charge in [-0.3, -0.25) is 37.3 Å². The van der Waals surface area contributed by atoms with Crippen molar-refractivity contribution in [1.29, 1.82) is 0 Å². The van der Waals surface area contributed by atoms with Crippen LogP contribution in [0.5, 0.6) is 0 Å². The van der Waals surface area contributed by atoms with Gasteiger partial charge in [0.15, 0.2) is 12.2 Å². The molecule has 552 valence electrons. The van der Waals surface area contributed by atoms with Gasteiger partial charge in [0.05, 0.1) is 26.4 Å². The summed E-state index contributed by atoms with van der Waals surface area (Å²) in [5.41, 5.74) is 0. The molecule has 2 unspecified atom stereocenters. The number of carbonyl (C=O) groups is 4. The molecule has 93 heavy (non-hydrogen) atoms. The van der Waals surface area contributed by atoms with Crippen LogP contribution in [0.3, 0.4) is 0 Å². The molecule has 3 N–H and O–H groups in total. The summed E-state index contributed by atoms with van der Waals surface area (Å²) >= 11 is 0. The number of phosphoric acid groups is 2. The van der Waals surface area contributed by atoms with E-state index in [0.717, 1.165) is 95.8 Å². The molecule has 0 aliphatic heterocycles. The van der Waals surface area contributed by atoms with Crippen molar-refractivity contribution in [2.24, 2.45) is 5.92 Å². The molecule has 0 aromatic heterocycles. The van der Waals surface area contributed by atoms with Gasteiger partial charge in [0, 0.05) is 25.7 Å². The number of carbonyl (C=O) groups excluding carboxylic acids is 4. The Balaban J connectivity index is 5.25. The number of hydrogen-bond acceptors (Lipinski definition) is 15. The van der Waals surface area contributed by atoms with Gasteiger partial charge in [0.2, 0.25) is 0 Å². The summed E-state index contributed by atoms with van der Waals surface area (Å²) in [6.07, 6.45) is 55.3. The molecule has 0 aromatic rings. The topological polar surface area (TPSA) is 237 Å². The van der Waals surface area contributed by atoms with Crippen LogP contribution in [0.4, 0.5) is 0 Å². The highest BCUT2D eigenvalue weighted by molar-refractivity contribution is 7.47. The number of rotatable bonds is 74. The molecule has 0 amide bonds. The van der Waals surface area contributed by atoms with Crippen LogP contribution >= 0.6 is 15.6 Å². The van der Waals surface area contributed by atoms with Crippen molar-refractivity contribution in [3.05, 3.63) is 0 Å². The van der Waals surface area contributed by atoms with Crippen LogP contribution in [0.25, 0.3) is 0 Å². The fourth-order valence-electron chi connectivity index (χ4n) is 11.4. The summed E-state index contributed by atoms with van der Waals surface area (Å²) in [5.74, 6) is -1.36. The lowest BCUT2D eigenvalue weighted by atomic mass is 10.0. The highest BCUT2D eigenvalue weighted by Crippen LogP contribution is 2.45. The minimum atomic E-state index is -4.95. The zero-order chi connectivity index (χ0) is 68.4. The Morgan fingerprint density at radius 1 is 0.290 bits per heavy atom. The molecule has 0 aliphatic carbocycles. The van der Waals surface area contributed by atoms with E-state index in [-0.39, 0.29) is 25.7 Å². The fraction of sp³-hybridized carbons (Fsp3) is 0.946. The average molecular weight is 1370 g/mol. The van der Waals surface area contributed by atoms with E-state index in [9.17, 15) is 43.2 Å². The molecule has 5 atom stereocenters. The number of aliphatic hydroxyl groups is 1. The van der Waals surface area contributed by atoms with Crippen LogP contribution in [-0.4, -0.2) is 96.7 Å². The highest BCUT2D eigenvalue weighted by atomic mass is 31.2. The van der Waals surface area contributed by atoms with Gasteiger partial charge < -0.3 is 33.8 Å². The van der Waals surface area contributed by atoms with Gasteiger partial charge in [-0.25, -0.2) is 9.13 Å². The molecule has 0 radical (unpaired) electrons. The smallest absolute Gasteiger partial charge is 0.462 e. The lowest BCUT2D eigenvalue weighted by Gasteiger charge is -2.21. The van der Waals surface area contributed by atoms with Crippen molar-refractivity contribution in [3.8, 4) is 0 Å². The lowest BCUT2D eigenvalue weighted by Crippen LogP contribution is -2.30. The van der Waals surface area contributed by atoms with Crippen LogP contribution in [0.1, 0.15) is 388 Å². The predicted molar refractivity (Wildman–Crippen MR) is 377 cm³/mol. The van der Waals surface area contributed by atoms with Crippen molar-refractivity contribution in [1.82, 2.24) is 0 Å². The SMILES string of the molecule is CCCCCCCCCCCCCCCCCCC(=O)O[C@H](COC(=O)CCCCCCCCCCCCCCCC)COP(=O)(O)OC[C@@H](O)COP(=O)(O)OC[C@@H](COC(=O)CCCCCCCCCCCC)OC(=O)CCCCCCCCCCCCC(C)C. The lowest BCUT2D eigenvalue weighted by molar-refractivity contribution is -0.161. The molecular weight excluding hydrogens is 1220 g/mol. The van der Waals surface area contributed by atoms with E-state index in [0.29, 0.717) is 25.7 Å². The molecule has 0 saturated carbocycles. The van der Waals surface area contributed by atoms with E-state index in [4.69, 9.17) is 37.0 Å². The third kappa shape index (κ3) is 68.4. The minimum absolute atomic E-state index is 0.106.